The number of hydrogen-bond donors (Lipinski definition) is 4. The molecule has 12 nitrogen and oxygen atoms in total. The fraction of sp³-hybridized carbons (Fsp3) is 0.417. The quantitative estimate of drug-likeness (QED) is 0.0474. The molecule has 4 aromatic carbocycles. The minimum atomic E-state index is -1.53. The highest BCUT2D eigenvalue weighted by molar-refractivity contribution is 6.03. The van der Waals surface area contributed by atoms with Gasteiger partial charge in [0.15, 0.2) is 23.1 Å². The van der Waals surface area contributed by atoms with Gasteiger partial charge in [-0.1, -0.05) is 97.1 Å². The molecule has 0 bridgehead atoms. The van der Waals surface area contributed by atoms with Gasteiger partial charge in [-0.15, -0.1) is 0 Å². The molecule has 0 aliphatic carbocycles. The fourth-order valence-electron chi connectivity index (χ4n) is 6.19. The first-order valence-electron chi connectivity index (χ1n) is 19.9. The number of ether oxygens (including phenoxy) is 4. The maximum atomic E-state index is 12.6. The molecule has 0 heterocycles. The van der Waals surface area contributed by atoms with E-state index in [1.54, 1.807) is 97.1 Å². The van der Waals surface area contributed by atoms with Gasteiger partial charge in [-0.3, -0.25) is 19.2 Å². The van der Waals surface area contributed by atoms with Gasteiger partial charge in [0.1, 0.15) is 34.6 Å². The van der Waals surface area contributed by atoms with Gasteiger partial charge < -0.3 is 39.4 Å². The lowest BCUT2D eigenvalue weighted by Crippen LogP contribution is -2.31. The molecule has 0 aliphatic heterocycles. The van der Waals surface area contributed by atoms with Crippen molar-refractivity contribution < 1.29 is 58.6 Å². The van der Waals surface area contributed by atoms with E-state index in [1.807, 2.05) is 0 Å². The molecular weight excluding hydrogens is 769 g/mol. The van der Waals surface area contributed by atoms with E-state index in [1.165, 1.54) is 55.4 Å². The van der Waals surface area contributed by atoms with Crippen LogP contribution >= 0.6 is 0 Å². The summed E-state index contributed by atoms with van der Waals surface area (Å²) < 4.78 is 24.1. The number of Topliss-reactive ketones (excluding diaryl/α,β-unsaturated/α-hetero) is 4. The smallest absolute Gasteiger partial charge is 0.193 e. The number of ketones is 4. The first-order valence-corrected chi connectivity index (χ1v) is 19.9. The van der Waals surface area contributed by atoms with Gasteiger partial charge in [0.2, 0.25) is 0 Å². The molecular formula is C48H58O12. The van der Waals surface area contributed by atoms with E-state index < -0.39 is 57.7 Å². The van der Waals surface area contributed by atoms with Gasteiger partial charge >= 0.3 is 0 Å². The molecule has 0 radical (unpaired) electrons. The molecule has 0 unspecified atom stereocenters. The van der Waals surface area contributed by atoms with Gasteiger partial charge in [0, 0.05) is 22.3 Å². The van der Waals surface area contributed by atoms with Crippen LogP contribution in [-0.2, 0) is 18.9 Å². The highest BCUT2D eigenvalue weighted by Crippen LogP contribution is 2.30. The zero-order valence-electron chi connectivity index (χ0n) is 35.7. The van der Waals surface area contributed by atoms with Crippen molar-refractivity contribution in [3.8, 4) is 0 Å². The van der Waals surface area contributed by atoms with E-state index in [0.29, 0.717) is 22.3 Å². The Bertz CT molecular complexity index is 1750. The third-order valence-corrected chi connectivity index (χ3v) is 9.52. The van der Waals surface area contributed by atoms with Crippen molar-refractivity contribution in [2.24, 2.45) is 0 Å². The van der Waals surface area contributed by atoms with Crippen molar-refractivity contribution in [1.82, 2.24) is 0 Å². The number of carbonyl (C=O) groups excluding carboxylic acids is 4. The summed E-state index contributed by atoms with van der Waals surface area (Å²) in [6, 6.07) is 27.1. The Labute approximate surface area is 352 Å². The van der Waals surface area contributed by atoms with Crippen molar-refractivity contribution in [3.05, 3.63) is 142 Å². The van der Waals surface area contributed by atoms with Crippen LogP contribution in [0.15, 0.2) is 97.1 Å². The van der Waals surface area contributed by atoms with Gasteiger partial charge in [-0.2, -0.15) is 0 Å². The normalized spacial score (nSPS) is 12.6. The number of carbonyl (C=O) groups is 4. The fourth-order valence-corrected chi connectivity index (χ4v) is 6.19. The zero-order valence-corrected chi connectivity index (χ0v) is 35.7. The molecule has 0 aliphatic rings. The lowest BCUT2D eigenvalue weighted by molar-refractivity contribution is -0.0185. The minimum Gasteiger partial charge on any atom is -0.382 e. The summed E-state index contributed by atoms with van der Waals surface area (Å²) in [7, 11) is 0. The molecule has 12 heteroatoms. The monoisotopic (exact) mass is 826 g/mol. The summed E-state index contributed by atoms with van der Waals surface area (Å²) in [5.74, 6) is -1.65. The van der Waals surface area contributed by atoms with Gasteiger partial charge in [0.05, 0.1) is 39.6 Å². The number of hydrogen-bond acceptors (Lipinski definition) is 12. The predicted octanol–water partition coefficient (Wildman–Crippen LogP) is 6.45. The molecule has 4 rings (SSSR count). The van der Waals surface area contributed by atoms with Crippen molar-refractivity contribution in [3.63, 3.8) is 0 Å². The summed E-state index contributed by atoms with van der Waals surface area (Å²) in [5, 5.41) is 40.7. The maximum absolute atomic E-state index is 12.6. The van der Waals surface area contributed by atoms with Crippen LogP contribution < -0.4 is 0 Å². The summed E-state index contributed by atoms with van der Waals surface area (Å²) in [5.41, 5.74) is -1.74. The molecule has 0 fully saturated rings. The Kier molecular flexibility index (Phi) is 16.1. The van der Waals surface area contributed by atoms with E-state index in [2.05, 4.69) is 0 Å². The summed E-state index contributed by atoms with van der Waals surface area (Å²) in [6.45, 7) is 12.9. The van der Waals surface area contributed by atoms with E-state index in [9.17, 15) is 39.6 Å². The maximum Gasteiger partial charge on any atom is 0.193 e. The Morgan fingerprint density at radius 3 is 0.733 bits per heavy atom. The van der Waals surface area contributed by atoms with E-state index in [4.69, 9.17) is 18.9 Å². The van der Waals surface area contributed by atoms with Crippen molar-refractivity contribution >= 4 is 23.1 Å². The minimum absolute atomic E-state index is 0.199. The Hall–Kier alpha value is -4.76. The number of benzene rings is 4. The number of aliphatic hydroxyl groups is 4. The first kappa shape index (κ1) is 47.9. The van der Waals surface area contributed by atoms with Crippen molar-refractivity contribution in [2.75, 3.05) is 39.6 Å². The van der Waals surface area contributed by atoms with Crippen LogP contribution in [0.1, 0.15) is 131 Å². The number of rotatable bonds is 23. The molecule has 0 amide bonds. The van der Waals surface area contributed by atoms with Crippen LogP contribution in [0.4, 0.5) is 0 Å². The first-order chi connectivity index (χ1) is 28.0. The van der Waals surface area contributed by atoms with Crippen LogP contribution in [0.2, 0.25) is 0 Å². The second-order valence-electron chi connectivity index (χ2n) is 16.8. The van der Waals surface area contributed by atoms with Crippen LogP contribution in [0.3, 0.4) is 0 Å². The van der Waals surface area contributed by atoms with Gasteiger partial charge in [-0.05, 0) is 77.6 Å². The molecule has 0 aromatic heterocycles. The molecule has 322 valence electrons. The third-order valence-electron chi connectivity index (χ3n) is 9.52. The Morgan fingerprint density at radius 1 is 0.367 bits per heavy atom. The third kappa shape index (κ3) is 13.4. The molecule has 4 N–H and O–H groups in total. The Balaban J connectivity index is 1.33. The molecule has 4 aromatic rings. The van der Waals surface area contributed by atoms with E-state index >= 15 is 0 Å². The summed E-state index contributed by atoms with van der Waals surface area (Å²) >= 11 is 0. The van der Waals surface area contributed by atoms with E-state index in [-0.39, 0.29) is 39.6 Å². The average Bonchev–Trinajstić information content (AvgIpc) is 3.19. The topological polar surface area (TPSA) is 186 Å². The lowest BCUT2D eigenvalue weighted by atomic mass is 9.92. The molecule has 0 saturated heterocycles. The Morgan fingerprint density at radius 2 is 0.550 bits per heavy atom. The SMILES string of the molecule is CC(C)(O)C(=O)c1ccc(C(OCCOCCOCCOC(c2ccc(C(=O)C(C)(C)O)cc2)c2ccc(C(=O)C(C)(C)O)cc2)c2ccc(C(=O)C(C)(C)O)cc2)cc1. The lowest BCUT2D eigenvalue weighted by Gasteiger charge is -2.21. The molecule has 60 heavy (non-hydrogen) atoms. The van der Waals surface area contributed by atoms with Crippen molar-refractivity contribution in [2.45, 2.75) is 90.0 Å². The van der Waals surface area contributed by atoms with Crippen LogP contribution in [0.5, 0.6) is 0 Å². The standard InChI is InChI=1S/C48H58O12/c1-45(2,53)41(49)35-17-9-31(10-18-35)39(32-11-19-36(20-12-32)42(50)46(3,4)54)59-29-27-57-25-26-58-28-30-60-40(33-13-21-37(22-14-33)43(51)47(5,6)55)34-15-23-38(24-16-34)44(52)48(7,8)56/h9-24,39-40,53-56H,25-30H2,1-8H3. The summed E-state index contributed by atoms with van der Waals surface area (Å²) in [6.07, 6.45) is -1.16. The van der Waals surface area contributed by atoms with Crippen molar-refractivity contribution in [1.29, 1.82) is 0 Å². The van der Waals surface area contributed by atoms with E-state index in [0.717, 1.165) is 22.3 Å². The van der Waals surface area contributed by atoms with Crippen LogP contribution in [0, 0.1) is 0 Å². The molecule has 0 saturated carbocycles. The van der Waals surface area contributed by atoms with Gasteiger partial charge in [-0.25, -0.2) is 0 Å². The predicted molar refractivity (Wildman–Crippen MR) is 226 cm³/mol. The highest BCUT2D eigenvalue weighted by atomic mass is 16.6. The second kappa shape index (κ2) is 20.2. The molecule has 0 spiro atoms. The second-order valence-corrected chi connectivity index (χ2v) is 16.8. The largest absolute Gasteiger partial charge is 0.382 e. The molecule has 0 atom stereocenters. The zero-order chi connectivity index (χ0) is 44.5. The van der Waals surface area contributed by atoms with Crippen LogP contribution in [0.25, 0.3) is 0 Å². The highest BCUT2D eigenvalue weighted by Gasteiger charge is 2.29. The van der Waals surface area contributed by atoms with Crippen LogP contribution in [-0.4, -0.2) is 106 Å². The average molecular weight is 827 g/mol. The summed E-state index contributed by atoms with van der Waals surface area (Å²) in [4.78, 5) is 50.4. The van der Waals surface area contributed by atoms with Gasteiger partial charge in [0.25, 0.3) is 0 Å².